The van der Waals surface area contributed by atoms with Gasteiger partial charge in [-0.25, -0.2) is 8.42 Å². The summed E-state index contributed by atoms with van der Waals surface area (Å²) < 4.78 is 32.2. The zero-order valence-corrected chi connectivity index (χ0v) is 17.0. The molecule has 0 radical (unpaired) electrons. The fourth-order valence-corrected chi connectivity index (χ4v) is 5.00. The summed E-state index contributed by atoms with van der Waals surface area (Å²) >= 11 is 0. The van der Waals surface area contributed by atoms with Gasteiger partial charge in [0.2, 0.25) is 10.0 Å². The highest BCUT2D eigenvalue weighted by Gasteiger charge is 2.31. The molecule has 3 rings (SSSR count). The van der Waals surface area contributed by atoms with Gasteiger partial charge in [-0.05, 0) is 39.7 Å². The summed E-state index contributed by atoms with van der Waals surface area (Å²) in [6, 6.07) is 4.78. The molecule has 2 aromatic heterocycles. The molecule has 2 aromatic rings. The van der Waals surface area contributed by atoms with Crippen molar-refractivity contribution in [3.8, 4) is 0 Å². The highest BCUT2D eigenvalue weighted by molar-refractivity contribution is 7.89. The number of sulfonamides is 1. The molecule has 152 valence electrons. The predicted octanol–water partition coefficient (Wildman–Crippen LogP) is 2.06. The molecule has 0 saturated carbocycles. The number of carbonyl (C=O) groups excluding carboxylic acids is 1. The van der Waals surface area contributed by atoms with E-state index in [9.17, 15) is 18.3 Å². The molecular weight excluding hydrogens is 382 g/mol. The Hall–Kier alpha value is -2.23. The van der Waals surface area contributed by atoms with Gasteiger partial charge in [-0.2, -0.15) is 4.31 Å². The Labute approximate surface area is 164 Å². The predicted molar refractivity (Wildman–Crippen MR) is 102 cm³/mol. The second kappa shape index (κ2) is 8.02. The van der Waals surface area contributed by atoms with Crippen molar-refractivity contribution in [2.75, 3.05) is 13.1 Å². The van der Waals surface area contributed by atoms with Crippen LogP contribution >= 0.6 is 0 Å². The molecule has 1 amide bonds. The van der Waals surface area contributed by atoms with Crippen LogP contribution in [-0.2, 0) is 16.6 Å². The summed E-state index contributed by atoms with van der Waals surface area (Å²) in [5.74, 6) is -0.357. The maximum Gasteiger partial charge on any atom is 0.287 e. The van der Waals surface area contributed by atoms with Crippen LogP contribution in [0.15, 0.2) is 27.5 Å². The molecule has 1 aliphatic heterocycles. The monoisotopic (exact) mass is 407 g/mol. The Morgan fingerprint density at radius 1 is 1.32 bits per heavy atom. The average molecular weight is 407 g/mol. The lowest BCUT2D eigenvalue weighted by atomic mass is 10.1. The summed E-state index contributed by atoms with van der Waals surface area (Å²) in [6.07, 6.45) is 1.06. The average Bonchev–Trinajstić information content (AvgIpc) is 3.29. The number of furan rings is 1. The quantitative estimate of drug-likeness (QED) is 0.758. The number of nitrogens with zero attached hydrogens (tertiary/aromatic N) is 2. The molecule has 28 heavy (non-hydrogen) atoms. The first-order valence-electron chi connectivity index (χ1n) is 9.23. The van der Waals surface area contributed by atoms with Crippen LogP contribution in [0, 0.1) is 13.8 Å². The normalized spacial score (nSPS) is 16.3. The molecule has 0 aromatic carbocycles. The SMILES string of the molecule is Cc1nc(CNC(=O)c2cc(S(=O)(=O)N3CCCC3)c(C)o2)ccc1[C@@H](C)O. The number of hydrogen-bond acceptors (Lipinski definition) is 6. The standard InChI is InChI=1S/C19H25N3O5S/c1-12-16(13(2)23)7-6-15(21-12)11-20-19(24)17-10-18(14(3)27-17)28(25,26)22-8-4-5-9-22/h6-7,10,13,23H,4-5,8-9,11H2,1-3H3,(H,20,24)/t13-/m1/s1. The van der Waals surface area contributed by atoms with Crippen LogP contribution < -0.4 is 5.32 Å². The lowest BCUT2D eigenvalue weighted by molar-refractivity contribution is 0.0921. The van der Waals surface area contributed by atoms with E-state index in [0.717, 1.165) is 18.4 Å². The number of carbonyl (C=O) groups is 1. The number of aliphatic hydroxyl groups excluding tert-OH is 1. The molecule has 0 aliphatic carbocycles. The third-order valence-electron chi connectivity index (χ3n) is 4.84. The van der Waals surface area contributed by atoms with E-state index in [2.05, 4.69) is 10.3 Å². The van der Waals surface area contributed by atoms with Crippen molar-refractivity contribution in [2.45, 2.75) is 51.2 Å². The number of aryl methyl sites for hydroxylation is 2. The second-order valence-electron chi connectivity index (χ2n) is 6.98. The van der Waals surface area contributed by atoms with Gasteiger partial charge < -0.3 is 14.8 Å². The highest BCUT2D eigenvalue weighted by atomic mass is 32.2. The fourth-order valence-electron chi connectivity index (χ4n) is 3.32. The number of pyridine rings is 1. The molecule has 9 heteroatoms. The molecule has 2 N–H and O–H groups in total. The Morgan fingerprint density at radius 3 is 2.61 bits per heavy atom. The number of nitrogens with one attached hydrogen (secondary N) is 1. The van der Waals surface area contributed by atoms with Crippen LogP contribution in [0.1, 0.15) is 59.1 Å². The summed E-state index contributed by atoms with van der Waals surface area (Å²) in [5, 5.41) is 12.3. The Kier molecular flexibility index (Phi) is 5.87. The zero-order chi connectivity index (χ0) is 20.5. The van der Waals surface area contributed by atoms with Crippen molar-refractivity contribution in [1.82, 2.24) is 14.6 Å². The van der Waals surface area contributed by atoms with E-state index in [1.54, 1.807) is 32.9 Å². The third-order valence-corrected chi connectivity index (χ3v) is 6.85. The van der Waals surface area contributed by atoms with Crippen molar-refractivity contribution in [3.05, 3.63) is 46.7 Å². The minimum atomic E-state index is -3.64. The molecule has 1 saturated heterocycles. The first-order chi connectivity index (χ1) is 13.2. The lowest BCUT2D eigenvalue weighted by Crippen LogP contribution is -2.28. The Bertz CT molecular complexity index is 975. The van der Waals surface area contributed by atoms with Gasteiger partial charge in [-0.3, -0.25) is 9.78 Å². The first-order valence-corrected chi connectivity index (χ1v) is 10.7. The topological polar surface area (TPSA) is 113 Å². The molecule has 8 nitrogen and oxygen atoms in total. The summed E-state index contributed by atoms with van der Waals surface area (Å²) in [4.78, 5) is 16.8. The van der Waals surface area contributed by atoms with Gasteiger partial charge in [0, 0.05) is 30.4 Å². The number of aliphatic hydroxyl groups is 1. The lowest BCUT2D eigenvalue weighted by Gasteiger charge is -2.14. The van der Waals surface area contributed by atoms with E-state index in [-0.39, 0.29) is 23.0 Å². The fraction of sp³-hybridized carbons (Fsp3) is 0.474. The van der Waals surface area contributed by atoms with Crippen LogP contribution in [-0.4, -0.2) is 41.8 Å². The van der Waals surface area contributed by atoms with E-state index >= 15 is 0 Å². The van der Waals surface area contributed by atoms with Gasteiger partial charge in [0.25, 0.3) is 5.91 Å². The molecular formula is C19H25N3O5S. The maximum absolute atomic E-state index is 12.7. The first kappa shape index (κ1) is 20.5. The summed E-state index contributed by atoms with van der Waals surface area (Å²) in [5.41, 5.74) is 2.05. The van der Waals surface area contributed by atoms with Crippen LogP contribution in [0.4, 0.5) is 0 Å². The van der Waals surface area contributed by atoms with Gasteiger partial charge in [-0.15, -0.1) is 0 Å². The van der Waals surface area contributed by atoms with Crippen LogP contribution in [0.2, 0.25) is 0 Å². The van der Waals surface area contributed by atoms with Crippen molar-refractivity contribution < 1.29 is 22.7 Å². The summed E-state index contributed by atoms with van der Waals surface area (Å²) in [7, 11) is -3.64. The Balaban J connectivity index is 1.71. The van der Waals surface area contributed by atoms with Crippen molar-refractivity contribution in [1.29, 1.82) is 0 Å². The number of amides is 1. The minimum absolute atomic E-state index is 0.0369. The molecule has 1 atom stereocenters. The van der Waals surface area contributed by atoms with E-state index in [4.69, 9.17) is 4.42 Å². The van der Waals surface area contributed by atoms with Gasteiger partial charge in [-0.1, -0.05) is 6.07 Å². The van der Waals surface area contributed by atoms with Crippen LogP contribution in [0.3, 0.4) is 0 Å². The van der Waals surface area contributed by atoms with Crippen LogP contribution in [0.25, 0.3) is 0 Å². The smallest absolute Gasteiger partial charge is 0.287 e. The molecule has 1 fully saturated rings. The van der Waals surface area contributed by atoms with Crippen molar-refractivity contribution in [2.24, 2.45) is 0 Å². The minimum Gasteiger partial charge on any atom is -0.455 e. The number of rotatable bonds is 6. The van der Waals surface area contributed by atoms with Crippen LogP contribution in [0.5, 0.6) is 0 Å². The third kappa shape index (κ3) is 4.11. The second-order valence-corrected chi connectivity index (χ2v) is 8.88. The van der Waals surface area contributed by atoms with E-state index in [1.807, 2.05) is 0 Å². The number of aromatic nitrogens is 1. The van der Waals surface area contributed by atoms with E-state index < -0.39 is 22.0 Å². The van der Waals surface area contributed by atoms with E-state index in [1.165, 1.54) is 10.4 Å². The van der Waals surface area contributed by atoms with Crippen molar-refractivity contribution in [3.63, 3.8) is 0 Å². The summed E-state index contributed by atoms with van der Waals surface area (Å²) in [6.45, 7) is 6.13. The molecule has 1 aliphatic rings. The maximum atomic E-state index is 12.7. The molecule has 3 heterocycles. The van der Waals surface area contributed by atoms with Gasteiger partial charge in [0.1, 0.15) is 10.7 Å². The molecule has 0 unspecified atom stereocenters. The van der Waals surface area contributed by atoms with Gasteiger partial charge in [0.05, 0.1) is 18.3 Å². The largest absolute Gasteiger partial charge is 0.455 e. The molecule has 0 bridgehead atoms. The van der Waals surface area contributed by atoms with Gasteiger partial charge in [0.15, 0.2) is 5.76 Å². The highest BCUT2D eigenvalue weighted by Crippen LogP contribution is 2.26. The van der Waals surface area contributed by atoms with Crippen molar-refractivity contribution >= 4 is 15.9 Å². The van der Waals surface area contributed by atoms with E-state index in [0.29, 0.717) is 24.5 Å². The Morgan fingerprint density at radius 2 is 2.00 bits per heavy atom. The zero-order valence-electron chi connectivity index (χ0n) is 16.2. The number of hydrogen-bond donors (Lipinski definition) is 2. The van der Waals surface area contributed by atoms with Gasteiger partial charge >= 0.3 is 0 Å². The molecule has 0 spiro atoms.